The summed E-state index contributed by atoms with van der Waals surface area (Å²) in [7, 11) is 0. The lowest BCUT2D eigenvalue weighted by Crippen LogP contribution is -2.49. The SMILES string of the molecule is Cc1ccc(OCCCC(=O)NNC(=O)CN2C(=O)COc3ccccc32)cc1. The van der Waals surface area contributed by atoms with Gasteiger partial charge < -0.3 is 9.47 Å². The van der Waals surface area contributed by atoms with Gasteiger partial charge in [-0.25, -0.2) is 0 Å². The zero-order valence-corrected chi connectivity index (χ0v) is 16.1. The van der Waals surface area contributed by atoms with Gasteiger partial charge in [0.25, 0.3) is 11.8 Å². The molecule has 0 unspecified atom stereocenters. The summed E-state index contributed by atoms with van der Waals surface area (Å²) in [6, 6.07) is 14.6. The summed E-state index contributed by atoms with van der Waals surface area (Å²) in [5.74, 6) is 0.134. The van der Waals surface area contributed by atoms with Gasteiger partial charge in [-0.15, -0.1) is 0 Å². The van der Waals surface area contributed by atoms with Crippen LogP contribution in [-0.4, -0.2) is 37.5 Å². The van der Waals surface area contributed by atoms with Crippen LogP contribution >= 0.6 is 0 Å². The number of carbonyl (C=O) groups excluding carboxylic acids is 3. The molecule has 1 aliphatic heterocycles. The molecule has 0 fully saturated rings. The van der Waals surface area contributed by atoms with Gasteiger partial charge in [-0.05, 0) is 37.6 Å². The van der Waals surface area contributed by atoms with Gasteiger partial charge in [0.1, 0.15) is 18.0 Å². The molecular formula is C21H23N3O5. The topological polar surface area (TPSA) is 97.0 Å². The van der Waals surface area contributed by atoms with Crippen molar-refractivity contribution in [1.82, 2.24) is 10.9 Å². The van der Waals surface area contributed by atoms with E-state index in [0.717, 1.165) is 11.3 Å². The first kappa shape index (κ1) is 20.2. The number of nitrogens with one attached hydrogen (secondary N) is 2. The second-order valence-corrected chi connectivity index (χ2v) is 6.60. The van der Waals surface area contributed by atoms with Crippen molar-refractivity contribution in [3.8, 4) is 11.5 Å². The number of carbonyl (C=O) groups is 3. The lowest BCUT2D eigenvalue weighted by Gasteiger charge is -2.28. The summed E-state index contributed by atoms with van der Waals surface area (Å²) in [4.78, 5) is 37.4. The Balaban J connectivity index is 1.37. The number of hydrogen-bond acceptors (Lipinski definition) is 5. The summed E-state index contributed by atoms with van der Waals surface area (Å²) in [5.41, 5.74) is 6.36. The second-order valence-electron chi connectivity index (χ2n) is 6.60. The van der Waals surface area contributed by atoms with E-state index in [0.29, 0.717) is 24.5 Å². The van der Waals surface area contributed by atoms with Crippen LogP contribution in [0.1, 0.15) is 18.4 Å². The van der Waals surface area contributed by atoms with E-state index in [2.05, 4.69) is 10.9 Å². The van der Waals surface area contributed by atoms with Gasteiger partial charge in [-0.1, -0.05) is 29.8 Å². The maximum absolute atomic E-state index is 12.1. The number of hydrazine groups is 1. The fourth-order valence-corrected chi connectivity index (χ4v) is 2.77. The van der Waals surface area contributed by atoms with Crippen LogP contribution in [0, 0.1) is 6.92 Å². The highest BCUT2D eigenvalue weighted by Gasteiger charge is 2.26. The molecule has 1 heterocycles. The van der Waals surface area contributed by atoms with Crippen molar-refractivity contribution in [3.63, 3.8) is 0 Å². The molecule has 1 aliphatic rings. The summed E-state index contributed by atoms with van der Waals surface area (Å²) >= 11 is 0. The van der Waals surface area contributed by atoms with E-state index in [1.54, 1.807) is 24.3 Å². The van der Waals surface area contributed by atoms with Crippen molar-refractivity contribution in [2.75, 3.05) is 24.7 Å². The number of aryl methyl sites for hydroxylation is 1. The molecule has 0 saturated carbocycles. The van der Waals surface area contributed by atoms with Gasteiger partial charge in [0.05, 0.1) is 12.3 Å². The Kier molecular flexibility index (Phi) is 6.67. The molecule has 0 atom stereocenters. The van der Waals surface area contributed by atoms with Gasteiger partial charge in [0.15, 0.2) is 6.61 Å². The maximum Gasteiger partial charge on any atom is 0.265 e. The van der Waals surface area contributed by atoms with Crippen LogP contribution in [0.4, 0.5) is 5.69 Å². The molecule has 0 radical (unpaired) electrons. The normalized spacial score (nSPS) is 12.6. The lowest BCUT2D eigenvalue weighted by molar-refractivity contribution is -0.129. The van der Waals surface area contributed by atoms with E-state index in [9.17, 15) is 14.4 Å². The summed E-state index contributed by atoms with van der Waals surface area (Å²) < 4.78 is 10.9. The van der Waals surface area contributed by atoms with E-state index in [1.165, 1.54) is 4.90 Å². The highest BCUT2D eigenvalue weighted by Crippen LogP contribution is 2.31. The molecule has 0 aliphatic carbocycles. The number of amides is 3. The smallest absolute Gasteiger partial charge is 0.265 e. The molecule has 0 aromatic heterocycles. The van der Waals surface area contributed by atoms with Gasteiger partial charge >= 0.3 is 0 Å². The first-order valence-electron chi connectivity index (χ1n) is 9.32. The average Bonchev–Trinajstić information content (AvgIpc) is 2.73. The molecule has 3 amide bonds. The second kappa shape index (κ2) is 9.59. The van der Waals surface area contributed by atoms with Crippen LogP contribution < -0.4 is 25.2 Å². The van der Waals surface area contributed by atoms with Crippen molar-refractivity contribution < 1.29 is 23.9 Å². The molecule has 8 heteroatoms. The Morgan fingerprint density at radius 3 is 2.59 bits per heavy atom. The molecule has 2 N–H and O–H groups in total. The minimum absolute atomic E-state index is 0.127. The first-order valence-corrected chi connectivity index (χ1v) is 9.32. The Hall–Kier alpha value is -3.55. The van der Waals surface area contributed by atoms with Crippen LogP contribution in [0.5, 0.6) is 11.5 Å². The highest BCUT2D eigenvalue weighted by molar-refractivity contribution is 6.02. The molecule has 2 aromatic carbocycles. The molecule has 152 valence electrons. The summed E-state index contributed by atoms with van der Waals surface area (Å²) in [6.45, 7) is 2.05. The molecule has 0 spiro atoms. The Labute approximate surface area is 168 Å². The van der Waals surface area contributed by atoms with Crippen molar-refractivity contribution in [1.29, 1.82) is 0 Å². The van der Waals surface area contributed by atoms with Crippen molar-refractivity contribution in [2.24, 2.45) is 0 Å². The molecule has 0 bridgehead atoms. The van der Waals surface area contributed by atoms with Crippen LogP contribution in [0.25, 0.3) is 0 Å². The Morgan fingerprint density at radius 2 is 1.79 bits per heavy atom. The average molecular weight is 397 g/mol. The number of rotatable bonds is 7. The number of ether oxygens (including phenoxy) is 2. The fourth-order valence-electron chi connectivity index (χ4n) is 2.77. The summed E-state index contributed by atoms with van der Waals surface area (Å²) in [6.07, 6.45) is 0.705. The largest absolute Gasteiger partial charge is 0.494 e. The predicted octanol–water partition coefficient (Wildman–Crippen LogP) is 1.73. The van der Waals surface area contributed by atoms with Crippen LogP contribution in [0.3, 0.4) is 0 Å². The van der Waals surface area contributed by atoms with Gasteiger partial charge in [0.2, 0.25) is 5.91 Å². The van der Waals surface area contributed by atoms with E-state index >= 15 is 0 Å². The quantitative estimate of drug-likeness (QED) is 0.548. The van der Waals surface area contributed by atoms with E-state index in [-0.39, 0.29) is 31.4 Å². The molecule has 29 heavy (non-hydrogen) atoms. The third-order valence-corrected chi connectivity index (χ3v) is 4.29. The predicted molar refractivity (Wildman–Crippen MR) is 106 cm³/mol. The number of anilines is 1. The minimum atomic E-state index is -0.501. The van der Waals surface area contributed by atoms with Crippen LogP contribution in [0.15, 0.2) is 48.5 Å². The number of nitrogens with zero attached hydrogens (tertiary/aromatic N) is 1. The fraction of sp³-hybridized carbons (Fsp3) is 0.286. The molecular weight excluding hydrogens is 374 g/mol. The number of para-hydroxylation sites is 2. The molecule has 2 aromatic rings. The van der Waals surface area contributed by atoms with Gasteiger partial charge in [0, 0.05) is 6.42 Å². The maximum atomic E-state index is 12.1. The Bertz CT molecular complexity index is 882. The highest BCUT2D eigenvalue weighted by atomic mass is 16.5. The zero-order chi connectivity index (χ0) is 20.6. The van der Waals surface area contributed by atoms with Crippen LogP contribution in [0.2, 0.25) is 0 Å². The molecule has 8 nitrogen and oxygen atoms in total. The van der Waals surface area contributed by atoms with Crippen molar-refractivity contribution in [2.45, 2.75) is 19.8 Å². The number of benzene rings is 2. The number of fused-ring (bicyclic) bond motifs is 1. The number of hydrogen-bond donors (Lipinski definition) is 2. The third kappa shape index (κ3) is 5.71. The van der Waals surface area contributed by atoms with Crippen molar-refractivity contribution >= 4 is 23.4 Å². The Morgan fingerprint density at radius 1 is 1.07 bits per heavy atom. The zero-order valence-electron chi connectivity index (χ0n) is 16.1. The molecule has 3 rings (SSSR count). The van der Waals surface area contributed by atoms with Crippen LogP contribution in [-0.2, 0) is 14.4 Å². The van der Waals surface area contributed by atoms with Gasteiger partial charge in [-0.2, -0.15) is 0 Å². The van der Waals surface area contributed by atoms with E-state index < -0.39 is 5.91 Å². The van der Waals surface area contributed by atoms with Crippen molar-refractivity contribution in [3.05, 3.63) is 54.1 Å². The van der Waals surface area contributed by atoms with Gasteiger partial charge in [-0.3, -0.25) is 30.1 Å². The minimum Gasteiger partial charge on any atom is -0.494 e. The lowest BCUT2D eigenvalue weighted by atomic mass is 10.2. The standard InChI is InChI=1S/C21H23N3O5/c1-15-8-10-16(11-9-15)28-12-4-7-19(25)22-23-20(26)13-24-17-5-2-3-6-18(17)29-14-21(24)27/h2-3,5-6,8-11H,4,7,12-14H2,1H3,(H,22,25)(H,23,26). The third-order valence-electron chi connectivity index (χ3n) is 4.29. The monoisotopic (exact) mass is 397 g/mol. The first-order chi connectivity index (χ1) is 14.0. The summed E-state index contributed by atoms with van der Waals surface area (Å²) in [5, 5.41) is 0. The molecule has 0 saturated heterocycles. The van der Waals surface area contributed by atoms with E-state index in [4.69, 9.17) is 9.47 Å². The van der Waals surface area contributed by atoms with E-state index in [1.807, 2.05) is 31.2 Å².